The van der Waals surface area contributed by atoms with Crippen molar-refractivity contribution in [3.05, 3.63) is 81.0 Å². The van der Waals surface area contributed by atoms with Crippen LogP contribution in [0, 0.1) is 5.82 Å². The lowest BCUT2D eigenvalue weighted by Crippen LogP contribution is -2.43. The number of ether oxygens (including phenoxy) is 1. The zero-order valence-corrected chi connectivity index (χ0v) is 18.3. The maximum absolute atomic E-state index is 15.0. The first-order valence-electron chi connectivity index (χ1n) is 9.45. The van der Waals surface area contributed by atoms with E-state index in [4.69, 9.17) is 27.9 Å². The molecule has 0 spiro atoms. The molecule has 0 N–H and O–H groups in total. The molecule has 0 aliphatic carbocycles. The summed E-state index contributed by atoms with van der Waals surface area (Å²) >= 11 is 13.5. The zero-order chi connectivity index (χ0) is 21.5. The summed E-state index contributed by atoms with van der Waals surface area (Å²) in [5.41, 5.74) is 1.98. The molecule has 1 aliphatic rings. The van der Waals surface area contributed by atoms with Gasteiger partial charge < -0.3 is 9.64 Å². The Morgan fingerprint density at radius 3 is 3.00 bits per heavy atom. The Balaban J connectivity index is 1.53. The number of pyridine rings is 1. The summed E-state index contributed by atoms with van der Waals surface area (Å²) in [4.78, 5) is 24.3. The first kappa shape index (κ1) is 20.2. The molecule has 1 amide bonds. The van der Waals surface area contributed by atoms with Gasteiger partial charge in [-0.1, -0.05) is 29.3 Å². The summed E-state index contributed by atoms with van der Waals surface area (Å²) < 4.78 is 22.5. The number of halogens is 3. The first-order valence-corrected chi connectivity index (χ1v) is 11.1. The van der Waals surface area contributed by atoms with Crippen LogP contribution in [-0.4, -0.2) is 38.3 Å². The summed E-state index contributed by atoms with van der Waals surface area (Å²) in [5.74, 6) is -0.464. The molecule has 1 aromatic carbocycles. The number of imidazole rings is 1. The standard InChI is InChI=1S/C21H15Cl2FN4O2S/c22-12-3-4-13(14(24)10-12)18-19-15(26-21-28(19)8-9-31-21)5-7-27(18)17(29)11-30-16-2-1-6-25-20(16)23/h1-4,6,8-10,18H,5,7,11H2. The molecule has 0 bridgehead atoms. The van der Waals surface area contributed by atoms with Gasteiger partial charge >= 0.3 is 0 Å². The average Bonchev–Trinajstić information content (AvgIpc) is 3.34. The zero-order valence-electron chi connectivity index (χ0n) is 16.0. The number of benzene rings is 1. The fourth-order valence-electron chi connectivity index (χ4n) is 3.83. The minimum Gasteiger partial charge on any atom is -0.481 e. The van der Waals surface area contributed by atoms with Crippen LogP contribution in [0.2, 0.25) is 10.2 Å². The molecule has 1 unspecified atom stereocenters. The molecule has 4 heterocycles. The molecule has 0 saturated carbocycles. The van der Waals surface area contributed by atoms with Crippen LogP contribution >= 0.6 is 34.5 Å². The molecule has 6 nitrogen and oxygen atoms in total. The maximum Gasteiger partial charge on any atom is 0.261 e. The van der Waals surface area contributed by atoms with E-state index in [-0.39, 0.29) is 17.7 Å². The number of hydrogen-bond acceptors (Lipinski definition) is 5. The van der Waals surface area contributed by atoms with Crippen molar-refractivity contribution in [1.82, 2.24) is 19.3 Å². The van der Waals surface area contributed by atoms with Gasteiger partial charge in [0.05, 0.1) is 11.4 Å². The van der Waals surface area contributed by atoms with Crippen molar-refractivity contribution in [3.63, 3.8) is 0 Å². The third kappa shape index (κ3) is 3.64. The smallest absolute Gasteiger partial charge is 0.261 e. The number of carbonyl (C=O) groups is 1. The van der Waals surface area contributed by atoms with Gasteiger partial charge in [-0.25, -0.2) is 14.4 Å². The van der Waals surface area contributed by atoms with Crippen molar-refractivity contribution < 1.29 is 13.9 Å². The third-order valence-corrected chi connectivity index (χ3v) is 6.46. The Bertz CT molecular complexity index is 1290. The fourth-order valence-corrected chi connectivity index (χ4v) is 4.91. The lowest BCUT2D eigenvalue weighted by atomic mass is 9.95. The average molecular weight is 477 g/mol. The van der Waals surface area contributed by atoms with E-state index < -0.39 is 11.9 Å². The van der Waals surface area contributed by atoms with Gasteiger partial charge in [-0.15, -0.1) is 11.3 Å². The molecule has 5 rings (SSSR count). The lowest BCUT2D eigenvalue weighted by Gasteiger charge is -2.36. The number of thiazole rings is 1. The Morgan fingerprint density at radius 1 is 1.32 bits per heavy atom. The van der Waals surface area contributed by atoms with Crippen LogP contribution in [0.3, 0.4) is 0 Å². The number of hydrogen-bond donors (Lipinski definition) is 0. The monoisotopic (exact) mass is 476 g/mol. The predicted molar refractivity (Wildman–Crippen MR) is 116 cm³/mol. The van der Waals surface area contributed by atoms with Gasteiger partial charge in [0.2, 0.25) is 0 Å². The van der Waals surface area contributed by atoms with E-state index in [1.54, 1.807) is 29.2 Å². The van der Waals surface area contributed by atoms with E-state index in [0.717, 1.165) is 16.3 Å². The largest absolute Gasteiger partial charge is 0.481 e. The molecule has 0 saturated heterocycles. The second-order valence-corrected chi connectivity index (χ2v) is 8.65. The molecule has 10 heteroatoms. The van der Waals surface area contributed by atoms with E-state index in [1.165, 1.54) is 23.6 Å². The topological polar surface area (TPSA) is 59.7 Å². The Kier molecular flexibility index (Phi) is 5.29. The summed E-state index contributed by atoms with van der Waals surface area (Å²) in [6.07, 6.45) is 3.98. The quantitative estimate of drug-likeness (QED) is 0.397. The van der Waals surface area contributed by atoms with Crippen molar-refractivity contribution in [1.29, 1.82) is 0 Å². The molecule has 4 aromatic rings. The SMILES string of the molecule is O=C(COc1cccnc1Cl)N1CCc2nc3sccn3c2C1c1ccc(Cl)cc1F. The van der Waals surface area contributed by atoms with Crippen molar-refractivity contribution in [3.8, 4) is 5.75 Å². The van der Waals surface area contributed by atoms with Crippen LogP contribution in [0.25, 0.3) is 4.96 Å². The van der Waals surface area contributed by atoms with Crippen molar-refractivity contribution in [2.75, 3.05) is 13.2 Å². The van der Waals surface area contributed by atoms with Gasteiger partial charge in [0, 0.05) is 41.3 Å². The first-order chi connectivity index (χ1) is 15.0. The van der Waals surface area contributed by atoms with Crippen LogP contribution < -0.4 is 4.74 Å². The summed E-state index contributed by atoms with van der Waals surface area (Å²) in [7, 11) is 0. The van der Waals surface area contributed by atoms with Crippen molar-refractivity contribution in [2.45, 2.75) is 12.5 Å². The molecular weight excluding hydrogens is 462 g/mol. The number of nitrogens with zero attached hydrogens (tertiary/aromatic N) is 4. The normalized spacial score (nSPS) is 15.8. The van der Waals surface area contributed by atoms with Gasteiger partial charge in [0.1, 0.15) is 11.9 Å². The second kappa shape index (κ2) is 8.11. The highest BCUT2D eigenvalue weighted by molar-refractivity contribution is 7.15. The van der Waals surface area contributed by atoms with Crippen LogP contribution in [0.1, 0.15) is 23.0 Å². The summed E-state index contributed by atoms with van der Waals surface area (Å²) in [6, 6.07) is 7.14. The summed E-state index contributed by atoms with van der Waals surface area (Å²) in [6.45, 7) is 0.131. The number of rotatable bonds is 4. The van der Waals surface area contributed by atoms with Crippen LogP contribution in [0.15, 0.2) is 48.1 Å². The minimum absolute atomic E-state index is 0.173. The second-order valence-electron chi connectivity index (χ2n) is 6.99. The van der Waals surface area contributed by atoms with Crippen LogP contribution in [0.5, 0.6) is 5.75 Å². The molecule has 3 aromatic heterocycles. The maximum atomic E-state index is 15.0. The van der Waals surface area contributed by atoms with E-state index in [9.17, 15) is 9.18 Å². The van der Waals surface area contributed by atoms with Gasteiger partial charge in [0.15, 0.2) is 22.5 Å². The Labute approximate surface area is 190 Å². The highest BCUT2D eigenvalue weighted by Gasteiger charge is 2.37. The fraction of sp³-hybridized carbons (Fsp3) is 0.190. The molecule has 1 atom stereocenters. The lowest BCUT2D eigenvalue weighted by molar-refractivity contribution is -0.135. The molecule has 0 radical (unpaired) electrons. The molecule has 1 aliphatic heterocycles. The van der Waals surface area contributed by atoms with Crippen molar-refractivity contribution >= 4 is 45.4 Å². The molecule has 158 valence electrons. The summed E-state index contributed by atoms with van der Waals surface area (Å²) in [5, 5.41) is 2.37. The third-order valence-electron chi connectivity index (χ3n) is 5.19. The molecule has 31 heavy (non-hydrogen) atoms. The van der Waals surface area contributed by atoms with E-state index in [1.807, 2.05) is 16.0 Å². The highest BCUT2D eigenvalue weighted by Crippen LogP contribution is 2.38. The minimum atomic E-state index is -0.661. The van der Waals surface area contributed by atoms with E-state index in [2.05, 4.69) is 9.97 Å². The van der Waals surface area contributed by atoms with Gasteiger partial charge in [-0.05, 0) is 24.3 Å². The highest BCUT2D eigenvalue weighted by atomic mass is 35.5. The van der Waals surface area contributed by atoms with E-state index >= 15 is 0 Å². The van der Waals surface area contributed by atoms with Gasteiger partial charge in [-0.2, -0.15) is 0 Å². The molecular formula is C21H15Cl2FN4O2S. The number of amides is 1. The van der Waals surface area contributed by atoms with Gasteiger partial charge in [0.25, 0.3) is 5.91 Å². The van der Waals surface area contributed by atoms with Crippen molar-refractivity contribution in [2.24, 2.45) is 0 Å². The Hall–Kier alpha value is -2.68. The number of carbonyl (C=O) groups excluding carboxylic acids is 1. The van der Waals surface area contributed by atoms with Crippen LogP contribution in [0.4, 0.5) is 4.39 Å². The van der Waals surface area contributed by atoms with Gasteiger partial charge in [-0.3, -0.25) is 9.20 Å². The Morgan fingerprint density at radius 2 is 2.19 bits per heavy atom. The number of aromatic nitrogens is 3. The molecule has 0 fully saturated rings. The van der Waals surface area contributed by atoms with Crippen LogP contribution in [-0.2, 0) is 11.2 Å². The van der Waals surface area contributed by atoms with E-state index in [0.29, 0.717) is 29.3 Å². The number of fused-ring (bicyclic) bond motifs is 3. The predicted octanol–water partition coefficient (Wildman–Crippen LogP) is 4.79.